The van der Waals surface area contributed by atoms with Crippen LogP contribution in [0.15, 0.2) is 76.8 Å². The summed E-state index contributed by atoms with van der Waals surface area (Å²) < 4.78 is 8.67. The summed E-state index contributed by atoms with van der Waals surface area (Å²) >= 11 is 13.0. The number of rotatable bonds is 5. The molecule has 9 heteroatoms. The van der Waals surface area contributed by atoms with Gasteiger partial charge in [0.1, 0.15) is 17.9 Å². The topological polar surface area (TPSA) is 58.6 Å². The van der Waals surface area contributed by atoms with E-state index in [1.54, 1.807) is 18.2 Å². The summed E-state index contributed by atoms with van der Waals surface area (Å²) in [7, 11) is 0. The minimum absolute atomic E-state index is 0.0103. The number of ether oxygens (including phenoxy) is 1. The lowest BCUT2D eigenvalue weighted by Gasteiger charge is -2.29. The van der Waals surface area contributed by atoms with Crippen LogP contribution in [0.2, 0.25) is 0 Å². The first-order chi connectivity index (χ1) is 15.8. The van der Waals surface area contributed by atoms with Gasteiger partial charge in [-0.25, -0.2) is 0 Å². The Bertz CT molecular complexity index is 1260. The normalized spacial score (nSPS) is 15.1. The number of halogens is 3. The third-order valence-electron chi connectivity index (χ3n) is 4.74. The molecule has 1 N–H and O–H groups in total. The highest BCUT2D eigenvalue weighted by Crippen LogP contribution is 2.31. The van der Waals surface area contributed by atoms with E-state index in [2.05, 4.69) is 66.4 Å². The molecule has 0 bridgehead atoms. The van der Waals surface area contributed by atoms with Gasteiger partial charge in [-0.2, -0.15) is 0 Å². The number of nitrogens with zero attached hydrogens (tertiary/aromatic N) is 1. The van der Waals surface area contributed by atoms with Gasteiger partial charge in [0, 0.05) is 4.47 Å². The molecule has 0 spiro atoms. The molecular formula is C24H15BrI2N2O3S. The van der Waals surface area contributed by atoms with E-state index < -0.39 is 11.8 Å². The second-order valence-corrected chi connectivity index (χ2v) is 10.6. The molecule has 5 nitrogen and oxygen atoms in total. The van der Waals surface area contributed by atoms with Crippen LogP contribution in [-0.2, 0) is 16.2 Å². The maximum absolute atomic E-state index is 13.2. The molecule has 2 amide bonds. The minimum atomic E-state index is -0.521. The Morgan fingerprint density at radius 3 is 2.27 bits per heavy atom. The van der Waals surface area contributed by atoms with E-state index in [-0.39, 0.29) is 10.7 Å². The average molecular weight is 745 g/mol. The van der Waals surface area contributed by atoms with Crippen LogP contribution in [0.1, 0.15) is 11.1 Å². The van der Waals surface area contributed by atoms with Crippen molar-refractivity contribution < 1.29 is 14.3 Å². The molecule has 166 valence electrons. The van der Waals surface area contributed by atoms with E-state index >= 15 is 0 Å². The van der Waals surface area contributed by atoms with E-state index in [1.165, 1.54) is 4.90 Å². The molecule has 1 saturated heterocycles. The van der Waals surface area contributed by atoms with Crippen molar-refractivity contribution in [3.05, 3.63) is 95.0 Å². The van der Waals surface area contributed by atoms with Crippen LogP contribution in [-0.4, -0.2) is 16.9 Å². The van der Waals surface area contributed by atoms with E-state index in [1.807, 2.05) is 54.6 Å². The van der Waals surface area contributed by atoms with Gasteiger partial charge in [0.15, 0.2) is 5.11 Å². The molecule has 4 rings (SSSR count). The lowest BCUT2D eigenvalue weighted by Crippen LogP contribution is -2.54. The van der Waals surface area contributed by atoms with Crippen LogP contribution in [0.25, 0.3) is 6.08 Å². The van der Waals surface area contributed by atoms with Gasteiger partial charge in [-0.15, -0.1) is 0 Å². The van der Waals surface area contributed by atoms with Gasteiger partial charge in [-0.3, -0.25) is 19.8 Å². The number of carbonyl (C=O) groups is 2. The van der Waals surface area contributed by atoms with E-state index in [0.29, 0.717) is 12.3 Å². The Balaban J connectivity index is 1.61. The van der Waals surface area contributed by atoms with Gasteiger partial charge in [0.2, 0.25) is 0 Å². The van der Waals surface area contributed by atoms with Gasteiger partial charge in [0.05, 0.1) is 12.8 Å². The average Bonchev–Trinajstić information content (AvgIpc) is 2.78. The standard InChI is InChI=1S/C24H15BrI2N2O3S/c25-16-6-8-17(9-7-16)29-23(31)18(22(30)28-24(29)33)10-15-11-19(26)21(20(27)12-15)32-13-14-4-2-1-3-5-14/h1-12H,13H2,(H,28,30,33)/b18-10+. The lowest BCUT2D eigenvalue weighted by molar-refractivity contribution is -0.122. The Labute approximate surface area is 232 Å². The number of amides is 2. The number of anilines is 1. The summed E-state index contributed by atoms with van der Waals surface area (Å²) in [4.78, 5) is 27.1. The first-order valence-corrected chi connectivity index (χ1v) is 13.0. The Hall–Kier alpha value is -1.83. The van der Waals surface area contributed by atoms with E-state index in [9.17, 15) is 9.59 Å². The zero-order valence-electron chi connectivity index (χ0n) is 16.8. The second kappa shape index (κ2) is 10.6. The van der Waals surface area contributed by atoms with Crippen LogP contribution in [0, 0.1) is 7.14 Å². The molecule has 0 saturated carbocycles. The zero-order valence-corrected chi connectivity index (χ0v) is 23.6. The highest BCUT2D eigenvalue weighted by Gasteiger charge is 2.34. The van der Waals surface area contributed by atoms with Crippen molar-refractivity contribution in [3.63, 3.8) is 0 Å². The second-order valence-electron chi connectivity index (χ2n) is 7.02. The van der Waals surface area contributed by atoms with Gasteiger partial charge >= 0.3 is 0 Å². The van der Waals surface area contributed by atoms with Crippen molar-refractivity contribution >= 4 is 102 Å². The quantitative estimate of drug-likeness (QED) is 0.149. The molecule has 0 unspecified atom stereocenters. The summed E-state index contributed by atoms with van der Waals surface area (Å²) in [5.74, 6) is -0.229. The molecular weight excluding hydrogens is 730 g/mol. The molecule has 1 aliphatic heterocycles. The minimum Gasteiger partial charge on any atom is -0.487 e. The largest absolute Gasteiger partial charge is 0.487 e. The maximum atomic E-state index is 13.2. The van der Waals surface area contributed by atoms with Gasteiger partial charge < -0.3 is 4.74 Å². The van der Waals surface area contributed by atoms with Crippen LogP contribution < -0.4 is 15.0 Å². The summed E-state index contributed by atoms with van der Waals surface area (Å²) in [5, 5.41) is 2.67. The fourth-order valence-corrected chi connectivity index (χ4v) is 5.85. The molecule has 1 fully saturated rings. The number of hydrogen-bond donors (Lipinski definition) is 1. The fourth-order valence-electron chi connectivity index (χ4n) is 3.18. The predicted octanol–water partition coefficient (Wildman–Crippen LogP) is 6.07. The number of thiocarbonyl (C=S) groups is 1. The molecule has 0 radical (unpaired) electrons. The maximum Gasteiger partial charge on any atom is 0.270 e. The van der Waals surface area contributed by atoms with E-state index in [4.69, 9.17) is 17.0 Å². The highest BCUT2D eigenvalue weighted by molar-refractivity contribution is 14.1. The lowest BCUT2D eigenvalue weighted by atomic mass is 10.1. The zero-order chi connectivity index (χ0) is 23.5. The van der Waals surface area contributed by atoms with Crippen molar-refractivity contribution in [3.8, 4) is 5.75 Å². The van der Waals surface area contributed by atoms with Crippen molar-refractivity contribution in [1.29, 1.82) is 0 Å². The van der Waals surface area contributed by atoms with Crippen molar-refractivity contribution in [2.75, 3.05) is 4.90 Å². The third-order valence-corrected chi connectivity index (χ3v) is 7.16. The summed E-state index contributed by atoms with van der Waals surface area (Å²) in [6.45, 7) is 0.452. The summed E-state index contributed by atoms with van der Waals surface area (Å²) in [5.41, 5.74) is 2.38. The van der Waals surface area contributed by atoms with Gasteiger partial charge in [0.25, 0.3) is 11.8 Å². The van der Waals surface area contributed by atoms with Gasteiger partial charge in [-0.05, 0) is 111 Å². The summed E-state index contributed by atoms with van der Waals surface area (Å²) in [6, 6.07) is 20.8. The number of carbonyl (C=O) groups excluding carboxylic acids is 2. The monoisotopic (exact) mass is 744 g/mol. The number of hydrogen-bond acceptors (Lipinski definition) is 4. The van der Waals surface area contributed by atoms with Crippen molar-refractivity contribution in [2.24, 2.45) is 0 Å². The Morgan fingerprint density at radius 2 is 1.64 bits per heavy atom. The summed E-state index contributed by atoms with van der Waals surface area (Å²) in [6.07, 6.45) is 1.58. The SMILES string of the molecule is O=C1NC(=S)N(c2ccc(Br)cc2)C(=O)/C1=C/c1cc(I)c(OCc2ccccc2)c(I)c1. The molecule has 3 aromatic rings. The van der Waals surface area contributed by atoms with Crippen LogP contribution in [0.4, 0.5) is 5.69 Å². The molecule has 0 atom stereocenters. The Morgan fingerprint density at radius 1 is 1.00 bits per heavy atom. The van der Waals surface area contributed by atoms with Crippen LogP contribution in [0.5, 0.6) is 5.75 Å². The van der Waals surface area contributed by atoms with Crippen molar-refractivity contribution in [2.45, 2.75) is 6.61 Å². The number of nitrogens with one attached hydrogen (secondary N) is 1. The number of benzene rings is 3. The predicted molar refractivity (Wildman–Crippen MR) is 153 cm³/mol. The highest BCUT2D eigenvalue weighted by atomic mass is 127. The first-order valence-electron chi connectivity index (χ1n) is 9.66. The molecule has 33 heavy (non-hydrogen) atoms. The third kappa shape index (κ3) is 5.64. The van der Waals surface area contributed by atoms with Crippen molar-refractivity contribution in [1.82, 2.24) is 5.32 Å². The molecule has 1 heterocycles. The van der Waals surface area contributed by atoms with Crippen LogP contribution >= 0.6 is 73.3 Å². The molecule has 3 aromatic carbocycles. The molecule has 0 aliphatic carbocycles. The first kappa shape index (κ1) is 24.3. The smallest absolute Gasteiger partial charge is 0.270 e. The molecule has 1 aliphatic rings. The fraction of sp³-hybridized carbons (Fsp3) is 0.0417. The van der Waals surface area contributed by atoms with Crippen LogP contribution in [0.3, 0.4) is 0 Å². The molecule has 0 aromatic heterocycles. The van der Waals surface area contributed by atoms with Gasteiger partial charge in [-0.1, -0.05) is 46.3 Å². The van der Waals surface area contributed by atoms with E-state index in [0.717, 1.165) is 28.5 Å². The Kier molecular flexibility index (Phi) is 7.82.